The first-order valence-corrected chi connectivity index (χ1v) is 12.0. The number of ether oxygens (including phenoxy) is 1. The zero-order valence-electron chi connectivity index (χ0n) is 19.3. The number of hydrogen-bond acceptors (Lipinski definition) is 7. The molecule has 10 heteroatoms. The van der Waals surface area contributed by atoms with Crippen molar-refractivity contribution in [3.8, 4) is 17.6 Å². The third kappa shape index (κ3) is 6.45. The summed E-state index contributed by atoms with van der Waals surface area (Å²) in [4.78, 5) is 21.4. The van der Waals surface area contributed by atoms with E-state index in [1.165, 1.54) is 42.1 Å². The zero-order chi connectivity index (χ0) is 24.8. The van der Waals surface area contributed by atoms with Crippen LogP contribution in [0.1, 0.15) is 16.7 Å². The lowest BCUT2D eigenvalue weighted by molar-refractivity contribution is -0.113. The Bertz CT molecular complexity index is 1200. The van der Waals surface area contributed by atoms with Gasteiger partial charge in [0.25, 0.3) is 5.91 Å². The summed E-state index contributed by atoms with van der Waals surface area (Å²) >= 11 is 1.22. The lowest BCUT2D eigenvalue weighted by Crippen LogP contribution is -2.46. The van der Waals surface area contributed by atoms with E-state index in [0.717, 1.165) is 32.7 Å². The highest BCUT2D eigenvalue weighted by atomic mass is 32.2. The lowest BCUT2D eigenvalue weighted by Gasteiger charge is -2.32. The molecule has 7 nitrogen and oxygen atoms in total. The second kappa shape index (κ2) is 11.4. The quantitative estimate of drug-likeness (QED) is 0.584. The van der Waals surface area contributed by atoms with Gasteiger partial charge in [-0.25, -0.2) is 8.78 Å². The lowest BCUT2D eigenvalue weighted by atomic mass is 10.1. The topological polar surface area (TPSA) is 81.0 Å². The molecule has 2 heterocycles. The fourth-order valence-corrected chi connectivity index (χ4v) is 4.53. The van der Waals surface area contributed by atoms with Gasteiger partial charge < -0.3 is 15.0 Å². The smallest absolute Gasteiger partial charge is 0.286 e. The third-order valence-electron chi connectivity index (χ3n) is 5.73. The number of carbonyl (C=O) groups excluding carboxylic acids is 1. The van der Waals surface area contributed by atoms with E-state index in [0.29, 0.717) is 27.7 Å². The number of amides is 1. The molecule has 0 saturated carbocycles. The van der Waals surface area contributed by atoms with Crippen molar-refractivity contribution >= 4 is 28.9 Å². The summed E-state index contributed by atoms with van der Waals surface area (Å²) in [6.07, 6.45) is 1.58. The van der Waals surface area contributed by atoms with E-state index >= 15 is 0 Å². The molecule has 4 rings (SSSR count). The maximum atomic E-state index is 14.7. The highest BCUT2D eigenvalue weighted by Crippen LogP contribution is 2.31. The number of carbonyl (C=O) groups is 1. The van der Waals surface area contributed by atoms with E-state index in [9.17, 15) is 13.6 Å². The molecule has 2 aliphatic heterocycles. The average Bonchev–Trinajstić information content (AvgIpc) is 3.20. The Morgan fingerprint density at radius 1 is 1.20 bits per heavy atom. The monoisotopic (exact) mass is 497 g/mol. The minimum Gasteiger partial charge on any atom is -0.454 e. The van der Waals surface area contributed by atoms with Crippen LogP contribution < -0.4 is 10.1 Å². The minimum absolute atomic E-state index is 0.0838. The van der Waals surface area contributed by atoms with Crippen molar-refractivity contribution in [2.45, 2.75) is 6.67 Å². The van der Waals surface area contributed by atoms with Crippen LogP contribution in [0, 0.1) is 17.1 Å². The van der Waals surface area contributed by atoms with Gasteiger partial charge in [-0.1, -0.05) is 6.07 Å². The SMILES string of the molecule is CN1CCN(CCNC2=NC(=O)/C(=C/c3ccc(Oc4ccc(C#N)cc4CF)c(F)c3)S2)CC1. The molecule has 182 valence electrons. The summed E-state index contributed by atoms with van der Waals surface area (Å²) in [6.45, 7) is 4.85. The molecule has 1 N–H and O–H groups in total. The molecule has 1 saturated heterocycles. The molecular formula is C25H25F2N5O2S. The van der Waals surface area contributed by atoms with E-state index in [1.54, 1.807) is 12.1 Å². The van der Waals surface area contributed by atoms with Gasteiger partial charge in [0.1, 0.15) is 12.4 Å². The van der Waals surface area contributed by atoms with Crippen molar-refractivity contribution in [3.05, 3.63) is 63.8 Å². The molecule has 2 aliphatic rings. The number of alkyl halides is 1. The minimum atomic E-state index is -0.846. The Kier molecular flexibility index (Phi) is 8.13. The Hall–Kier alpha value is -3.26. The number of amidine groups is 1. The van der Waals surface area contributed by atoms with Gasteiger partial charge in [-0.15, -0.1) is 0 Å². The van der Waals surface area contributed by atoms with E-state index in [2.05, 4.69) is 27.2 Å². The predicted molar refractivity (Wildman–Crippen MR) is 132 cm³/mol. The maximum absolute atomic E-state index is 14.7. The summed E-state index contributed by atoms with van der Waals surface area (Å²) in [6, 6.07) is 10.5. The number of nitrogens with one attached hydrogen (secondary N) is 1. The van der Waals surface area contributed by atoms with Crippen molar-refractivity contribution in [1.82, 2.24) is 15.1 Å². The van der Waals surface area contributed by atoms with Crippen LogP contribution in [0.15, 0.2) is 46.3 Å². The Balaban J connectivity index is 1.35. The van der Waals surface area contributed by atoms with Crippen LogP contribution in [0.2, 0.25) is 0 Å². The predicted octanol–water partition coefficient (Wildman–Crippen LogP) is 3.77. The standard InChI is InChI=1S/C25H25F2N5O2S/c1-31-8-10-32(11-9-31)7-6-29-25-30-24(33)23(35-25)14-17-2-5-22(20(27)13-17)34-21-4-3-18(16-28)12-19(21)15-26/h2-5,12-14H,6-11,15H2,1H3,(H,29,30,33)/b23-14-. The molecule has 2 aromatic carbocycles. The number of thioether (sulfide) groups is 1. The summed E-state index contributed by atoms with van der Waals surface area (Å²) in [5.74, 6) is -0.975. The fourth-order valence-electron chi connectivity index (χ4n) is 3.69. The number of hydrogen-bond donors (Lipinski definition) is 1. The maximum Gasteiger partial charge on any atom is 0.286 e. The number of likely N-dealkylation sites (N-methyl/N-ethyl adjacent to an activating group) is 1. The molecular weight excluding hydrogens is 472 g/mol. The van der Waals surface area contributed by atoms with E-state index in [4.69, 9.17) is 10.00 Å². The van der Waals surface area contributed by atoms with Gasteiger partial charge in [-0.2, -0.15) is 10.3 Å². The van der Waals surface area contributed by atoms with Gasteiger partial charge >= 0.3 is 0 Å². The number of nitriles is 1. The highest BCUT2D eigenvalue weighted by Gasteiger charge is 2.22. The van der Waals surface area contributed by atoms with E-state index in [1.807, 2.05) is 6.07 Å². The van der Waals surface area contributed by atoms with Crippen molar-refractivity contribution in [2.75, 3.05) is 46.3 Å². The Morgan fingerprint density at radius 3 is 2.69 bits per heavy atom. The molecule has 0 unspecified atom stereocenters. The molecule has 0 aromatic heterocycles. The van der Waals surface area contributed by atoms with Gasteiger partial charge in [0, 0.05) is 44.8 Å². The molecule has 0 aliphatic carbocycles. The van der Waals surface area contributed by atoms with Crippen LogP contribution >= 0.6 is 11.8 Å². The third-order valence-corrected chi connectivity index (χ3v) is 6.67. The van der Waals surface area contributed by atoms with Gasteiger partial charge in [0.15, 0.2) is 16.7 Å². The number of aliphatic imine (C=N–C) groups is 1. The zero-order valence-corrected chi connectivity index (χ0v) is 20.1. The Morgan fingerprint density at radius 2 is 1.97 bits per heavy atom. The molecule has 0 radical (unpaired) electrons. The van der Waals surface area contributed by atoms with Crippen LogP contribution in [0.5, 0.6) is 11.5 Å². The van der Waals surface area contributed by atoms with Crippen molar-refractivity contribution in [2.24, 2.45) is 4.99 Å². The molecule has 35 heavy (non-hydrogen) atoms. The molecule has 2 aromatic rings. The molecule has 0 bridgehead atoms. The van der Waals surface area contributed by atoms with Crippen molar-refractivity contribution in [1.29, 1.82) is 5.26 Å². The van der Waals surface area contributed by atoms with Gasteiger partial charge in [-0.3, -0.25) is 9.69 Å². The first-order valence-electron chi connectivity index (χ1n) is 11.2. The first kappa shape index (κ1) is 24.9. The Labute approximate surface area is 207 Å². The molecule has 1 amide bonds. The normalized spacial score (nSPS) is 17.9. The van der Waals surface area contributed by atoms with Crippen LogP contribution in [0.25, 0.3) is 6.08 Å². The highest BCUT2D eigenvalue weighted by molar-refractivity contribution is 8.18. The number of rotatable bonds is 7. The van der Waals surface area contributed by atoms with Crippen LogP contribution in [0.3, 0.4) is 0 Å². The van der Waals surface area contributed by atoms with Gasteiger partial charge in [0.2, 0.25) is 0 Å². The molecule has 0 atom stereocenters. The number of piperazine rings is 1. The number of nitrogens with zero attached hydrogens (tertiary/aromatic N) is 4. The number of benzene rings is 2. The molecule has 1 fully saturated rings. The number of halogens is 2. The van der Waals surface area contributed by atoms with Gasteiger partial charge in [0.05, 0.1) is 16.5 Å². The van der Waals surface area contributed by atoms with E-state index in [-0.39, 0.29) is 23.0 Å². The summed E-state index contributed by atoms with van der Waals surface area (Å²) in [7, 11) is 2.11. The first-order chi connectivity index (χ1) is 16.9. The largest absolute Gasteiger partial charge is 0.454 e. The van der Waals surface area contributed by atoms with Crippen LogP contribution in [0.4, 0.5) is 8.78 Å². The van der Waals surface area contributed by atoms with E-state index < -0.39 is 12.5 Å². The van der Waals surface area contributed by atoms with Crippen molar-refractivity contribution in [3.63, 3.8) is 0 Å². The summed E-state index contributed by atoms with van der Waals surface area (Å²) in [5, 5.41) is 12.7. The molecule has 0 spiro atoms. The second-order valence-corrected chi connectivity index (χ2v) is 9.29. The summed E-state index contributed by atoms with van der Waals surface area (Å²) < 4.78 is 33.5. The van der Waals surface area contributed by atoms with Crippen molar-refractivity contribution < 1.29 is 18.3 Å². The summed E-state index contributed by atoms with van der Waals surface area (Å²) in [5.41, 5.74) is 0.930. The van der Waals surface area contributed by atoms with Crippen LogP contribution in [-0.4, -0.2) is 67.2 Å². The second-order valence-electron chi connectivity index (χ2n) is 8.26. The fraction of sp³-hybridized carbons (Fsp3) is 0.320. The van der Waals surface area contributed by atoms with Gasteiger partial charge in [-0.05, 0) is 60.8 Å². The average molecular weight is 498 g/mol. The van der Waals surface area contributed by atoms with Crippen LogP contribution in [-0.2, 0) is 11.5 Å².